The summed E-state index contributed by atoms with van der Waals surface area (Å²) < 4.78 is 13.2. The Labute approximate surface area is 150 Å². The molecule has 1 atom stereocenters. The quantitative estimate of drug-likeness (QED) is 0.696. The highest BCUT2D eigenvalue weighted by Gasteiger charge is 2.22. The molecule has 0 bridgehead atoms. The molecule has 0 spiro atoms. The normalized spacial score (nSPS) is 17.1. The highest BCUT2D eigenvalue weighted by atomic mass is 35.5. The van der Waals surface area contributed by atoms with Gasteiger partial charge < -0.3 is 14.8 Å². The fourth-order valence-corrected chi connectivity index (χ4v) is 3.10. The summed E-state index contributed by atoms with van der Waals surface area (Å²) in [5.41, 5.74) is 2.16. The van der Waals surface area contributed by atoms with E-state index in [9.17, 15) is 0 Å². The molecular formula is C17H18ClN5O2. The van der Waals surface area contributed by atoms with Crippen LogP contribution in [0, 0.1) is 0 Å². The van der Waals surface area contributed by atoms with Crippen LogP contribution in [0.25, 0.3) is 11.2 Å². The SMILES string of the molecule is CCOc1cccc(Nc2nc(Cl)nc3c2ncn3C2CCCO2)c1. The van der Waals surface area contributed by atoms with E-state index in [1.807, 2.05) is 35.8 Å². The number of hydrogen-bond acceptors (Lipinski definition) is 6. The number of ether oxygens (including phenoxy) is 2. The summed E-state index contributed by atoms with van der Waals surface area (Å²) in [5, 5.41) is 3.42. The Morgan fingerprint density at radius 3 is 3.12 bits per heavy atom. The van der Waals surface area contributed by atoms with E-state index < -0.39 is 0 Å². The Bertz CT molecular complexity index is 892. The Kier molecular flexibility index (Phi) is 4.42. The molecule has 130 valence electrons. The highest BCUT2D eigenvalue weighted by molar-refractivity contribution is 6.28. The summed E-state index contributed by atoms with van der Waals surface area (Å²) in [7, 11) is 0. The van der Waals surface area contributed by atoms with Gasteiger partial charge in [-0.25, -0.2) is 4.98 Å². The number of hydrogen-bond donors (Lipinski definition) is 1. The molecule has 7 nitrogen and oxygen atoms in total. The van der Waals surface area contributed by atoms with Gasteiger partial charge in [0.15, 0.2) is 17.0 Å². The number of nitrogens with one attached hydrogen (secondary N) is 1. The molecule has 1 unspecified atom stereocenters. The van der Waals surface area contributed by atoms with Crippen molar-refractivity contribution in [2.24, 2.45) is 0 Å². The van der Waals surface area contributed by atoms with Gasteiger partial charge in [0.1, 0.15) is 12.0 Å². The minimum atomic E-state index is -0.0508. The van der Waals surface area contributed by atoms with Crippen LogP contribution >= 0.6 is 11.6 Å². The van der Waals surface area contributed by atoms with Crippen LogP contribution in [-0.4, -0.2) is 32.7 Å². The summed E-state index contributed by atoms with van der Waals surface area (Å²) in [6, 6.07) is 7.66. The number of fused-ring (bicyclic) bond motifs is 1. The number of aromatic nitrogens is 4. The molecule has 3 aromatic rings. The summed E-state index contributed by atoms with van der Waals surface area (Å²) in [5.74, 6) is 1.34. The lowest BCUT2D eigenvalue weighted by molar-refractivity contribution is 0.0593. The van der Waals surface area contributed by atoms with Crippen molar-refractivity contribution in [2.75, 3.05) is 18.5 Å². The zero-order valence-electron chi connectivity index (χ0n) is 13.8. The van der Waals surface area contributed by atoms with Gasteiger partial charge >= 0.3 is 0 Å². The lowest BCUT2D eigenvalue weighted by Crippen LogP contribution is -2.07. The number of anilines is 2. The standard InChI is InChI=1S/C17H18ClN5O2/c1-2-24-12-6-3-5-11(9-12)20-15-14-16(22-17(18)21-15)23(10-19-14)13-7-4-8-25-13/h3,5-6,9-10,13H,2,4,7-8H2,1H3,(H,20,21,22). The zero-order valence-corrected chi connectivity index (χ0v) is 14.5. The Morgan fingerprint density at radius 1 is 1.40 bits per heavy atom. The minimum absolute atomic E-state index is 0.0508. The topological polar surface area (TPSA) is 74.1 Å². The largest absolute Gasteiger partial charge is 0.494 e. The lowest BCUT2D eigenvalue weighted by Gasteiger charge is -2.12. The van der Waals surface area contributed by atoms with E-state index in [-0.39, 0.29) is 11.5 Å². The molecular weight excluding hydrogens is 342 g/mol. The van der Waals surface area contributed by atoms with E-state index in [1.54, 1.807) is 6.33 Å². The summed E-state index contributed by atoms with van der Waals surface area (Å²) in [6.45, 7) is 3.31. The second kappa shape index (κ2) is 6.85. The molecule has 0 radical (unpaired) electrons. The van der Waals surface area contributed by atoms with Crippen molar-refractivity contribution in [1.82, 2.24) is 19.5 Å². The number of benzene rings is 1. The lowest BCUT2D eigenvalue weighted by atomic mass is 10.3. The van der Waals surface area contributed by atoms with E-state index in [2.05, 4.69) is 20.3 Å². The van der Waals surface area contributed by atoms with E-state index in [1.165, 1.54) is 0 Å². The first kappa shape index (κ1) is 16.1. The molecule has 1 fully saturated rings. The minimum Gasteiger partial charge on any atom is -0.494 e. The summed E-state index contributed by atoms with van der Waals surface area (Å²) >= 11 is 6.14. The predicted octanol–water partition coefficient (Wildman–Crippen LogP) is 3.93. The summed E-state index contributed by atoms with van der Waals surface area (Å²) in [4.78, 5) is 13.1. The summed E-state index contributed by atoms with van der Waals surface area (Å²) in [6.07, 6.45) is 3.64. The third kappa shape index (κ3) is 3.25. The van der Waals surface area contributed by atoms with Gasteiger partial charge in [-0.1, -0.05) is 6.07 Å². The van der Waals surface area contributed by atoms with Crippen molar-refractivity contribution in [3.05, 3.63) is 35.9 Å². The third-order valence-electron chi connectivity index (χ3n) is 4.02. The number of imidazole rings is 1. The van der Waals surface area contributed by atoms with Crippen molar-refractivity contribution in [1.29, 1.82) is 0 Å². The molecule has 0 amide bonds. The van der Waals surface area contributed by atoms with E-state index in [0.717, 1.165) is 30.9 Å². The van der Waals surface area contributed by atoms with Crippen LogP contribution in [0.4, 0.5) is 11.5 Å². The van der Waals surface area contributed by atoms with Gasteiger partial charge in [0.05, 0.1) is 12.9 Å². The maximum Gasteiger partial charge on any atom is 0.226 e. The average Bonchev–Trinajstić information content (AvgIpc) is 3.24. The molecule has 0 saturated carbocycles. The van der Waals surface area contributed by atoms with Crippen molar-refractivity contribution in [3.63, 3.8) is 0 Å². The Balaban J connectivity index is 1.71. The van der Waals surface area contributed by atoms with Crippen LogP contribution in [0.2, 0.25) is 5.28 Å². The van der Waals surface area contributed by atoms with Gasteiger partial charge in [-0.05, 0) is 43.5 Å². The van der Waals surface area contributed by atoms with Crippen LogP contribution < -0.4 is 10.1 Å². The maximum atomic E-state index is 6.14. The van der Waals surface area contributed by atoms with Crippen LogP contribution in [-0.2, 0) is 4.74 Å². The van der Waals surface area contributed by atoms with Gasteiger partial charge in [0.25, 0.3) is 0 Å². The maximum absolute atomic E-state index is 6.14. The van der Waals surface area contributed by atoms with Crippen molar-refractivity contribution in [2.45, 2.75) is 26.0 Å². The average molecular weight is 360 g/mol. The van der Waals surface area contributed by atoms with Gasteiger partial charge in [-0.15, -0.1) is 0 Å². The number of rotatable bonds is 5. The fourth-order valence-electron chi connectivity index (χ4n) is 2.93. The monoisotopic (exact) mass is 359 g/mol. The molecule has 1 N–H and O–H groups in total. The number of halogens is 1. The molecule has 1 aliphatic rings. The smallest absolute Gasteiger partial charge is 0.226 e. The van der Waals surface area contributed by atoms with Crippen LogP contribution in [0.3, 0.4) is 0 Å². The second-order valence-corrected chi connectivity index (χ2v) is 6.06. The second-order valence-electron chi connectivity index (χ2n) is 5.72. The van der Waals surface area contributed by atoms with Gasteiger partial charge in [-0.3, -0.25) is 4.57 Å². The van der Waals surface area contributed by atoms with Crippen molar-refractivity contribution in [3.8, 4) is 5.75 Å². The predicted molar refractivity (Wildman–Crippen MR) is 95.4 cm³/mol. The van der Waals surface area contributed by atoms with Crippen LogP contribution in [0.5, 0.6) is 5.75 Å². The fraction of sp³-hybridized carbons (Fsp3) is 0.353. The molecule has 2 aromatic heterocycles. The first-order chi connectivity index (χ1) is 12.2. The molecule has 3 heterocycles. The van der Waals surface area contributed by atoms with Crippen LogP contribution in [0.1, 0.15) is 26.0 Å². The molecule has 1 aliphatic heterocycles. The van der Waals surface area contributed by atoms with E-state index in [0.29, 0.717) is 23.6 Å². The Hall–Kier alpha value is -2.38. The first-order valence-electron chi connectivity index (χ1n) is 8.26. The van der Waals surface area contributed by atoms with Crippen molar-refractivity contribution >= 4 is 34.3 Å². The zero-order chi connectivity index (χ0) is 17.2. The van der Waals surface area contributed by atoms with Crippen molar-refractivity contribution < 1.29 is 9.47 Å². The van der Waals surface area contributed by atoms with Crippen LogP contribution in [0.15, 0.2) is 30.6 Å². The van der Waals surface area contributed by atoms with E-state index in [4.69, 9.17) is 21.1 Å². The molecule has 8 heteroatoms. The molecule has 25 heavy (non-hydrogen) atoms. The molecule has 0 aliphatic carbocycles. The number of nitrogens with zero attached hydrogens (tertiary/aromatic N) is 4. The Morgan fingerprint density at radius 2 is 2.32 bits per heavy atom. The molecule has 1 aromatic carbocycles. The van der Waals surface area contributed by atoms with Gasteiger partial charge in [-0.2, -0.15) is 9.97 Å². The molecule has 1 saturated heterocycles. The van der Waals surface area contributed by atoms with E-state index >= 15 is 0 Å². The third-order valence-corrected chi connectivity index (χ3v) is 4.19. The first-order valence-corrected chi connectivity index (χ1v) is 8.64. The molecule has 4 rings (SSSR count). The van der Waals surface area contributed by atoms with Gasteiger partial charge in [0.2, 0.25) is 5.28 Å². The van der Waals surface area contributed by atoms with Gasteiger partial charge in [0, 0.05) is 18.4 Å². The highest BCUT2D eigenvalue weighted by Crippen LogP contribution is 2.30.